The van der Waals surface area contributed by atoms with Crippen LogP contribution in [0.2, 0.25) is 5.02 Å². The van der Waals surface area contributed by atoms with E-state index in [1.54, 1.807) is 6.20 Å². The fourth-order valence-electron chi connectivity index (χ4n) is 3.54. The van der Waals surface area contributed by atoms with Gasteiger partial charge in [0.2, 0.25) is 10.0 Å². The number of benzene rings is 1. The quantitative estimate of drug-likeness (QED) is 0.663. The van der Waals surface area contributed by atoms with Crippen molar-refractivity contribution in [3.05, 3.63) is 53.2 Å². The van der Waals surface area contributed by atoms with Crippen LogP contribution in [0.5, 0.6) is 0 Å². The molecule has 1 fully saturated rings. The largest absolute Gasteiger partial charge is 0.313 e. The third-order valence-electron chi connectivity index (χ3n) is 4.89. The van der Waals surface area contributed by atoms with Crippen LogP contribution in [0.4, 0.5) is 4.39 Å². The molecule has 4 rings (SSSR count). The highest BCUT2D eigenvalue weighted by Crippen LogP contribution is 2.33. The zero-order valence-electron chi connectivity index (χ0n) is 14.6. The van der Waals surface area contributed by atoms with Crippen LogP contribution in [0.3, 0.4) is 0 Å². The Kier molecular flexibility index (Phi) is 4.65. The minimum absolute atomic E-state index is 0.000195. The van der Waals surface area contributed by atoms with E-state index in [9.17, 15) is 12.8 Å². The van der Waals surface area contributed by atoms with E-state index < -0.39 is 15.8 Å². The summed E-state index contributed by atoms with van der Waals surface area (Å²) in [4.78, 5) is 9.08. The van der Waals surface area contributed by atoms with Crippen LogP contribution in [0.25, 0.3) is 11.2 Å². The maximum atomic E-state index is 13.4. The van der Waals surface area contributed by atoms with E-state index in [0.29, 0.717) is 26.1 Å². The van der Waals surface area contributed by atoms with Crippen LogP contribution in [0, 0.1) is 5.82 Å². The fraction of sp³-hybridized carbons (Fsp3) is 0.333. The standard InChI is InChI=1S/C18H18ClFN4O2S/c1-2-24-17(22-16-4-3-8-21-18(16)24)12-7-9-23(11-12)27(25,26)13-5-6-15(20)14(19)10-13/h3-6,8,10,12H,2,7,9,11H2,1H3/t12-/m1/s1. The van der Waals surface area contributed by atoms with Crippen molar-refractivity contribution in [2.75, 3.05) is 13.1 Å². The Morgan fingerprint density at radius 3 is 2.89 bits per heavy atom. The molecule has 1 saturated heterocycles. The van der Waals surface area contributed by atoms with Crippen molar-refractivity contribution in [1.29, 1.82) is 0 Å². The van der Waals surface area contributed by atoms with Crippen LogP contribution < -0.4 is 0 Å². The molecule has 0 amide bonds. The highest BCUT2D eigenvalue weighted by atomic mass is 35.5. The number of imidazole rings is 1. The molecule has 3 aromatic rings. The number of hydrogen-bond donors (Lipinski definition) is 0. The summed E-state index contributed by atoms with van der Waals surface area (Å²) in [6, 6.07) is 7.22. The first-order valence-electron chi connectivity index (χ1n) is 8.68. The minimum atomic E-state index is -3.74. The molecule has 0 bridgehead atoms. The fourth-order valence-corrected chi connectivity index (χ4v) is 5.32. The van der Waals surface area contributed by atoms with Gasteiger partial charge in [0.15, 0.2) is 5.65 Å². The predicted molar refractivity (Wildman–Crippen MR) is 101 cm³/mol. The van der Waals surface area contributed by atoms with Crippen molar-refractivity contribution in [1.82, 2.24) is 18.8 Å². The lowest BCUT2D eigenvalue weighted by Gasteiger charge is -2.17. The number of sulfonamides is 1. The molecule has 27 heavy (non-hydrogen) atoms. The molecular weight excluding hydrogens is 391 g/mol. The number of aromatic nitrogens is 3. The van der Waals surface area contributed by atoms with Crippen molar-refractivity contribution >= 4 is 32.8 Å². The molecule has 142 valence electrons. The Morgan fingerprint density at radius 1 is 1.33 bits per heavy atom. The van der Waals surface area contributed by atoms with Gasteiger partial charge in [0.1, 0.15) is 17.2 Å². The van der Waals surface area contributed by atoms with Crippen LogP contribution in [-0.4, -0.2) is 40.3 Å². The number of nitrogens with zero attached hydrogens (tertiary/aromatic N) is 4. The van der Waals surface area contributed by atoms with Gasteiger partial charge in [-0.1, -0.05) is 11.6 Å². The first-order chi connectivity index (χ1) is 12.9. The second-order valence-corrected chi connectivity index (χ2v) is 8.83. The van der Waals surface area contributed by atoms with E-state index in [1.165, 1.54) is 10.4 Å². The number of aryl methyl sites for hydroxylation is 1. The molecule has 0 aliphatic carbocycles. The molecule has 1 atom stereocenters. The topological polar surface area (TPSA) is 68.1 Å². The maximum absolute atomic E-state index is 13.4. The van der Waals surface area contributed by atoms with Gasteiger partial charge in [0.05, 0.1) is 9.92 Å². The van der Waals surface area contributed by atoms with Crippen molar-refractivity contribution in [2.24, 2.45) is 0 Å². The molecule has 1 aliphatic rings. The molecule has 9 heteroatoms. The predicted octanol–water partition coefficient (Wildman–Crippen LogP) is 3.42. The van der Waals surface area contributed by atoms with E-state index in [4.69, 9.17) is 11.6 Å². The number of rotatable bonds is 4. The molecule has 0 N–H and O–H groups in total. The van der Waals surface area contributed by atoms with E-state index in [0.717, 1.165) is 29.1 Å². The van der Waals surface area contributed by atoms with Gasteiger partial charge in [-0.3, -0.25) is 0 Å². The normalized spacial score (nSPS) is 18.4. The molecule has 0 saturated carbocycles. The molecule has 0 radical (unpaired) electrons. The Hall–Kier alpha value is -2.03. The van der Waals surface area contributed by atoms with Crippen LogP contribution in [0.1, 0.15) is 25.1 Å². The third kappa shape index (κ3) is 3.11. The van der Waals surface area contributed by atoms with Gasteiger partial charge in [-0.15, -0.1) is 0 Å². The van der Waals surface area contributed by atoms with Crippen molar-refractivity contribution in [2.45, 2.75) is 30.7 Å². The van der Waals surface area contributed by atoms with Crippen LogP contribution in [-0.2, 0) is 16.6 Å². The summed E-state index contributed by atoms with van der Waals surface area (Å²) in [5.41, 5.74) is 1.61. The van der Waals surface area contributed by atoms with Gasteiger partial charge in [0.25, 0.3) is 0 Å². The summed E-state index contributed by atoms with van der Waals surface area (Å²) < 4.78 is 42.6. The highest BCUT2D eigenvalue weighted by molar-refractivity contribution is 7.89. The lowest BCUT2D eigenvalue weighted by atomic mass is 10.1. The lowest BCUT2D eigenvalue weighted by molar-refractivity contribution is 0.469. The van der Waals surface area contributed by atoms with Crippen LogP contribution in [0.15, 0.2) is 41.4 Å². The zero-order chi connectivity index (χ0) is 19.2. The van der Waals surface area contributed by atoms with E-state index in [2.05, 4.69) is 9.97 Å². The van der Waals surface area contributed by atoms with Crippen molar-refractivity contribution in [3.8, 4) is 0 Å². The van der Waals surface area contributed by atoms with Crippen molar-refractivity contribution in [3.63, 3.8) is 0 Å². The number of halogens is 2. The molecular formula is C18H18ClFN4O2S. The number of hydrogen-bond acceptors (Lipinski definition) is 4. The van der Waals surface area contributed by atoms with Crippen molar-refractivity contribution < 1.29 is 12.8 Å². The van der Waals surface area contributed by atoms with E-state index in [-0.39, 0.29) is 15.8 Å². The summed E-state index contributed by atoms with van der Waals surface area (Å²) >= 11 is 5.76. The summed E-state index contributed by atoms with van der Waals surface area (Å²) in [6.07, 6.45) is 2.39. The van der Waals surface area contributed by atoms with E-state index in [1.807, 2.05) is 23.6 Å². The zero-order valence-corrected chi connectivity index (χ0v) is 16.2. The van der Waals surface area contributed by atoms with Gasteiger partial charge in [-0.2, -0.15) is 4.31 Å². The van der Waals surface area contributed by atoms with Gasteiger partial charge < -0.3 is 4.57 Å². The molecule has 3 heterocycles. The Balaban J connectivity index is 1.64. The number of fused-ring (bicyclic) bond motifs is 1. The first-order valence-corrected chi connectivity index (χ1v) is 10.5. The third-order valence-corrected chi connectivity index (χ3v) is 7.05. The van der Waals surface area contributed by atoms with Gasteiger partial charge in [-0.25, -0.2) is 22.8 Å². The smallest absolute Gasteiger partial charge is 0.243 e. The van der Waals surface area contributed by atoms with Crippen LogP contribution >= 0.6 is 11.6 Å². The highest BCUT2D eigenvalue weighted by Gasteiger charge is 2.35. The Morgan fingerprint density at radius 2 is 2.15 bits per heavy atom. The van der Waals surface area contributed by atoms with Gasteiger partial charge in [-0.05, 0) is 43.7 Å². The number of pyridine rings is 1. The second kappa shape index (κ2) is 6.85. The SMILES string of the molecule is CCn1c([C@@H]2CCN(S(=O)(=O)c3ccc(F)c(Cl)c3)C2)nc2cccnc21. The molecule has 0 spiro atoms. The molecule has 1 aromatic carbocycles. The maximum Gasteiger partial charge on any atom is 0.243 e. The monoisotopic (exact) mass is 408 g/mol. The summed E-state index contributed by atoms with van der Waals surface area (Å²) in [5, 5.41) is -0.203. The molecule has 6 nitrogen and oxygen atoms in total. The molecule has 1 aliphatic heterocycles. The summed E-state index contributed by atoms with van der Waals surface area (Å²) in [7, 11) is -3.74. The average Bonchev–Trinajstić information content (AvgIpc) is 3.28. The van der Waals surface area contributed by atoms with Gasteiger partial charge in [0, 0.05) is 31.7 Å². The minimum Gasteiger partial charge on any atom is -0.313 e. The molecule has 2 aromatic heterocycles. The Labute approximate surface area is 161 Å². The van der Waals surface area contributed by atoms with Gasteiger partial charge >= 0.3 is 0 Å². The Bertz CT molecular complexity index is 1120. The summed E-state index contributed by atoms with van der Waals surface area (Å²) in [5.74, 6) is 0.185. The average molecular weight is 409 g/mol. The first kappa shape index (κ1) is 18.3. The molecule has 0 unspecified atom stereocenters. The van der Waals surface area contributed by atoms with E-state index >= 15 is 0 Å². The summed E-state index contributed by atoms with van der Waals surface area (Å²) in [6.45, 7) is 3.42. The lowest BCUT2D eigenvalue weighted by Crippen LogP contribution is -2.29. The second-order valence-electron chi connectivity index (χ2n) is 6.48.